The minimum absolute atomic E-state index is 0.0202. The maximum Gasteiger partial charge on any atom is 0.243 e. The number of hydrogen-bond acceptors (Lipinski definition) is 4. The number of primary amides is 1. The first-order valence-electron chi connectivity index (χ1n) is 7.05. The van der Waals surface area contributed by atoms with E-state index in [1.54, 1.807) is 0 Å². The molecule has 1 aliphatic heterocycles. The fourth-order valence-electron chi connectivity index (χ4n) is 2.15. The Kier molecular flexibility index (Phi) is 6.44. The molecule has 7 nitrogen and oxygen atoms in total. The number of hydrogen-bond donors (Lipinski definition) is 4. The summed E-state index contributed by atoms with van der Waals surface area (Å²) in [5, 5.41) is 8.30. The Morgan fingerprint density at radius 3 is 2.60 bits per heavy atom. The van der Waals surface area contributed by atoms with Crippen molar-refractivity contribution >= 4 is 17.7 Å². The summed E-state index contributed by atoms with van der Waals surface area (Å²) in [6.45, 7) is 4.43. The van der Waals surface area contributed by atoms with E-state index in [-0.39, 0.29) is 30.3 Å². The third kappa shape index (κ3) is 4.80. The fraction of sp³-hybridized carbons (Fsp3) is 0.769. The molecule has 0 aromatic heterocycles. The summed E-state index contributed by atoms with van der Waals surface area (Å²) in [7, 11) is 0. The van der Waals surface area contributed by atoms with Crippen LogP contribution in [0.5, 0.6) is 0 Å². The first-order chi connectivity index (χ1) is 9.45. The molecule has 0 aromatic rings. The highest BCUT2D eigenvalue weighted by Crippen LogP contribution is 2.10. The number of amides is 3. The molecule has 1 saturated heterocycles. The van der Waals surface area contributed by atoms with E-state index in [4.69, 9.17) is 5.73 Å². The summed E-state index contributed by atoms with van der Waals surface area (Å²) in [6.07, 6.45) is 2.48. The second-order valence-corrected chi connectivity index (χ2v) is 5.20. The monoisotopic (exact) mass is 284 g/mol. The molecule has 114 valence electrons. The Bertz CT molecular complexity index is 367. The Morgan fingerprint density at radius 1 is 1.40 bits per heavy atom. The van der Waals surface area contributed by atoms with Gasteiger partial charge >= 0.3 is 0 Å². The normalized spacial score (nSPS) is 21.0. The zero-order chi connectivity index (χ0) is 15.1. The van der Waals surface area contributed by atoms with Crippen LogP contribution in [0.25, 0.3) is 0 Å². The van der Waals surface area contributed by atoms with E-state index < -0.39 is 11.9 Å². The lowest BCUT2D eigenvalue weighted by atomic mass is 9.97. The third-order valence-electron chi connectivity index (χ3n) is 3.61. The lowest BCUT2D eigenvalue weighted by molar-refractivity contribution is -0.131. The van der Waals surface area contributed by atoms with Crippen molar-refractivity contribution in [1.29, 1.82) is 0 Å². The Labute approximate surface area is 119 Å². The van der Waals surface area contributed by atoms with Crippen LogP contribution in [0.1, 0.15) is 33.1 Å². The highest BCUT2D eigenvalue weighted by molar-refractivity contribution is 5.91. The molecular weight excluding hydrogens is 260 g/mol. The molecule has 7 heteroatoms. The molecule has 1 fully saturated rings. The van der Waals surface area contributed by atoms with Gasteiger partial charge in [0.2, 0.25) is 17.7 Å². The number of carbonyl (C=O) groups excluding carboxylic acids is 3. The van der Waals surface area contributed by atoms with Crippen LogP contribution in [0, 0.1) is 5.92 Å². The SMILES string of the molecule is CC[C@H](C)[C@H](NC(=O)[C@@H]1CCCN1)C(=O)NCC(N)=O. The molecule has 20 heavy (non-hydrogen) atoms. The molecule has 0 aromatic carbocycles. The van der Waals surface area contributed by atoms with Crippen molar-refractivity contribution in [3.8, 4) is 0 Å². The lowest BCUT2D eigenvalue weighted by Crippen LogP contribution is -2.54. The van der Waals surface area contributed by atoms with Crippen LogP contribution in [0.15, 0.2) is 0 Å². The van der Waals surface area contributed by atoms with Crippen molar-refractivity contribution in [2.75, 3.05) is 13.1 Å². The van der Waals surface area contributed by atoms with E-state index in [1.807, 2.05) is 13.8 Å². The lowest BCUT2D eigenvalue weighted by Gasteiger charge is -2.24. The van der Waals surface area contributed by atoms with Crippen LogP contribution >= 0.6 is 0 Å². The van der Waals surface area contributed by atoms with E-state index in [1.165, 1.54) is 0 Å². The Morgan fingerprint density at radius 2 is 2.10 bits per heavy atom. The Hall–Kier alpha value is -1.63. The van der Waals surface area contributed by atoms with Gasteiger partial charge in [0.15, 0.2) is 0 Å². The number of nitrogens with one attached hydrogen (secondary N) is 3. The molecule has 3 amide bonds. The van der Waals surface area contributed by atoms with Gasteiger partial charge in [-0.25, -0.2) is 0 Å². The summed E-state index contributed by atoms with van der Waals surface area (Å²) in [5.74, 6) is -1.16. The van der Waals surface area contributed by atoms with Gasteiger partial charge in [0.1, 0.15) is 6.04 Å². The summed E-state index contributed by atoms with van der Waals surface area (Å²) in [4.78, 5) is 34.8. The smallest absolute Gasteiger partial charge is 0.243 e. The van der Waals surface area contributed by atoms with Gasteiger partial charge in [-0.3, -0.25) is 14.4 Å². The van der Waals surface area contributed by atoms with Gasteiger partial charge in [-0.2, -0.15) is 0 Å². The van der Waals surface area contributed by atoms with Gasteiger partial charge in [0.05, 0.1) is 12.6 Å². The van der Waals surface area contributed by atoms with Gasteiger partial charge < -0.3 is 21.7 Å². The van der Waals surface area contributed by atoms with Crippen molar-refractivity contribution in [2.24, 2.45) is 11.7 Å². The molecule has 1 aliphatic rings. The van der Waals surface area contributed by atoms with Crippen molar-refractivity contribution in [2.45, 2.75) is 45.2 Å². The molecule has 1 heterocycles. The van der Waals surface area contributed by atoms with Crippen LogP contribution < -0.4 is 21.7 Å². The molecule has 3 atom stereocenters. The molecule has 0 radical (unpaired) electrons. The molecule has 0 unspecified atom stereocenters. The first-order valence-corrected chi connectivity index (χ1v) is 7.05. The standard InChI is InChI=1S/C13H24N4O3/c1-3-8(2)11(13(20)16-7-10(14)18)17-12(19)9-5-4-6-15-9/h8-9,11,15H,3-7H2,1-2H3,(H2,14,18)(H,16,20)(H,17,19)/t8-,9-,11-/m0/s1. The zero-order valence-electron chi connectivity index (χ0n) is 12.1. The maximum absolute atomic E-state index is 12.1. The number of carbonyl (C=O) groups is 3. The first kappa shape index (κ1) is 16.4. The van der Waals surface area contributed by atoms with E-state index in [0.29, 0.717) is 0 Å². The van der Waals surface area contributed by atoms with E-state index in [9.17, 15) is 14.4 Å². The predicted molar refractivity (Wildman–Crippen MR) is 74.6 cm³/mol. The second kappa shape index (κ2) is 7.84. The molecule has 0 bridgehead atoms. The summed E-state index contributed by atoms with van der Waals surface area (Å²) in [6, 6.07) is -0.875. The molecule has 0 saturated carbocycles. The molecular formula is C13H24N4O3. The fourth-order valence-corrected chi connectivity index (χ4v) is 2.15. The molecule has 0 spiro atoms. The van der Waals surface area contributed by atoms with Crippen molar-refractivity contribution in [3.63, 3.8) is 0 Å². The van der Waals surface area contributed by atoms with Crippen LogP contribution in [-0.2, 0) is 14.4 Å². The van der Waals surface area contributed by atoms with Crippen molar-refractivity contribution in [1.82, 2.24) is 16.0 Å². The van der Waals surface area contributed by atoms with Crippen LogP contribution in [0.4, 0.5) is 0 Å². The van der Waals surface area contributed by atoms with E-state index in [2.05, 4.69) is 16.0 Å². The Balaban J connectivity index is 2.60. The number of rotatable bonds is 7. The molecule has 0 aliphatic carbocycles. The van der Waals surface area contributed by atoms with Gasteiger partial charge in [-0.1, -0.05) is 20.3 Å². The molecule has 5 N–H and O–H groups in total. The van der Waals surface area contributed by atoms with Crippen molar-refractivity contribution in [3.05, 3.63) is 0 Å². The van der Waals surface area contributed by atoms with Gasteiger partial charge in [-0.05, 0) is 25.3 Å². The van der Waals surface area contributed by atoms with Crippen LogP contribution in [0.3, 0.4) is 0 Å². The van der Waals surface area contributed by atoms with Gasteiger partial charge in [0.25, 0.3) is 0 Å². The highest BCUT2D eigenvalue weighted by atomic mass is 16.2. The second-order valence-electron chi connectivity index (χ2n) is 5.20. The third-order valence-corrected chi connectivity index (χ3v) is 3.61. The largest absolute Gasteiger partial charge is 0.368 e. The average molecular weight is 284 g/mol. The van der Waals surface area contributed by atoms with E-state index >= 15 is 0 Å². The quantitative estimate of drug-likeness (QED) is 0.474. The zero-order valence-corrected chi connectivity index (χ0v) is 12.1. The molecule has 1 rings (SSSR count). The van der Waals surface area contributed by atoms with Crippen molar-refractivity contribution < 1.29 is 14.4 Å². The number of nitrogens with two attached hydrogens (primary N) is 1. The highest BCUT2D eigenvalue weighted by Gasteiger charge is 2.30. The minimum atomic E-state index is -0.644. The van der Waals surface area contributed by atoms with Crippen LogP contribution in [0.2, 0.25) is 0 Å². The maximum atomic E-state index is 12.1. The minimum Gasteiger partial charge on any atom is -0.368 e. The summed E-state index contributed by atoms with van der Waals surface area (Å²) >= 11 is 0. The van der Waals surface area contributed by atoms with Gasteiger partial charge in [0, 0.05) is 0 Å². The predicted octanol–water partition coefficient (Wildman–Crippen LogP) is -1.13. The topological polar surface area (TPSA) is 113 Å². The van der Waals surface area contributed by atoms with Gasteiger partial charge in [-0.15, -0.1) is 0 Å². The van der Waals surface area contributed by atoms with Crippen LogP contribution in [-0.4, -0.2) is 42.9 Å². The average Bonchev–Trinajstić information content (AvgIpc) is 2.95. The summed E-state index contributed by atoms with van der Waals surface area (Å²) in [5.41, 5.74) is 5.00. The van der Waals surface area contributed by atoms with E-state index in [0.717, 1.165) is 25.8 Å². The summed E-state index contributed by atoms with van der Waals surface area (Å²) < 4.78 is 0.